The molecule has 0 aromatic heterocycles. The molecule has 1 aromatic rings. The summed E-state index contributed by atoms with van der Waals surface area (Å²) in [6.45, 7) is 2.16. The fourth-order valence-electron chi connectivity index (χ4n) is 1.63. The van der Waals surface area contributed by atoms with E-state index in [2.05, 4.69) is 12.2 Å². The number of hydrogen-bond donors (Lipinski definition) is 1. The molecule has 1 aliphatic rings. The van der Waals surface area contributed by atoms with E-state index in [1.54, 1.807) is 6.07 Å². The molecule has 1 aromatic carbocycles. The zero-order chi connectivity index (χ0) is 10.8. The van der Waals surface area contributed by atoms with E-state index in [0.29, 0.717) is 6.04 Å². The molecule has 2 unspecified atom stereocenters. The van der Waals surface area contributed by atoms with Crippen LogP contribution in [0.1, 0.15) is 24.3 Å². The van der Waals surface area contributed by atoms with Crippen molar-refractivity contribution in [1.82, 2.24) is 5.32 Å². The first-order valence-corrected chi connectivity index (χ1v) is 6.46. The summed E-state index contributed by atoms with van der Waals surface area (Å²) in [5, 5.41) is 3.86. The van der Waals surface area contributed by atoms with Gasteiger partial charge >= 0.3 is 0 Å². The molecule has 0 spiro atoms. The topological polar surface area (TPSA) is 12.0 Å². The lowest BCUT2D eigenvalue weighted by molar-refractivity contribution is 0.558. The lowest BCUT2D eigenvalue weighted by Gasteiger charge is -2.12. The van der Waals surface area contributed by atoms with E-state index in [1.807, 2.05) is 17.8 Å². The van der Waals surface area contributed by atoms with Gasteiger partial charge in [-0.05, 0) is 24.1 Å². The summed E-state index contributed by atoms with van der Waals surface area (Å²) >= 11 is 7.46. The normalized spacial score (nSPS) is 25.8. The SMILES string of the molecule is CCC1CSC(c2ccc(Cl)c(F)c2)N1. The molecule has 0 aliphatic carbocycles. The highest BCUT2D eigenvalue weighted by molar-refractivity contribution is 7.99. The van der Waals surface area contributed by atoms with Gasteiger partial charge < -0.3 is 0 Å². The van der Waals surface area contributed by atoms with Crippen LogP contribution in [0.5, 0.6) is 0 Å². The molecule has 0 amide bonds. The van der Waals surface area contributed by atoms with Crippen molar-refractivity contribution in [3.63, 3.8) is 0 Å². The Labute approximate surface area is 98.4 Å². The van der Waals surface area contributed by atoms with Crippen LogP contribution in [-0.2, 0) is 0 Å². The van der Waals surface area contributed by atoms with Gasteiger partial charge in [0.25, 0.3) is 0 Å². The van der Waals surface area contributed by atoms with Crippen LogP contribution in [0.25, 0.3) is 0 Å². The summed E-state index contributed by atoms with van der Waals surface area (Å²) in [7, 11) is 0. The van der Waals surface area contributed by atoms with Gasteiger partial charge in [0.15, 0.2) is 0 Å². The Morgan fingerprint density at radius 2 is 2.40 bits per heavy atom. The summed E-state index contributed by atoms with van der Waals surface area (Å²) in [6, 6.07) is 5.56. The molecule has 82 valence electrons. The Kier molecular flexibility index (Phi) is 3.54. The maximum atomic E-state index is 13.2. The van der Waals surface area contributed by atoms with E-state index in [-0.39, 0.29) is 16.2 Å². The minimum absolute atomic E-state index is 0.189. The molecular formula is C11H13ClFNS. The smallest absolute Gasteiger partial charge is 0.142 e. The molecule has 15 heavy (non-hydrogen) atoms. The Balaban J connectivity index is 2.13. The number of rotatable bonds is 2. The van der Waals surface area contributed by atoms with Gasteiger partial charge in [0.2, 0.25) is 0 Å². The van der Waals surface area contributed by atoms with E-state index in [4.69, 9.17) is 11.6 Å². The number of nitrogens with one attached hydrogen (secondary N) is 1. The summed E-state index contributed by atoms with van der Waals surface area (Å²) in [4.78, 5) is 0. The fraction of sp³-hybridized carbons (Fsp3) is 0.455. The summed E-state index contributed by atoms with van der Waals surface area (Å²) < 4.78 is 13.2. The van der Waals surface area contributed by atoms with Crippen LogP contribution in [0.15, 0.2) is 18.2 Å². The Bertz CT molecular complexity index is 358. The van der Waals surface area contributed by atoms with Gasteiger partial charge in [0, 0.05) is 11.8 Å². The zero-order valence-electron chi connectivity index (χ0n) is 8.47. The van der Waals surface area contributed by atoms with E-state index in [0.717, 1.165) is 17.7 Å². The van der Waals surface area contributed by atoms with Gasteiger partial charge in [0.1, 0.15) is 5.82 Å². The third-order valence-electron chi connectivity index (χ3n) is 2.59. The zero-order valence-corrected chi connectivity index (χ0v) is 10.0. The van der Waals surface area contributed by atoms with Crippen molar-refractivity contribution in [2.75, 3.05) is 5.75 Å². The van der Waals surface area contributed by atoms with Crippen molar-refractivity contribution in [3.8, 4) is 0 Å². The Hall–Kier alpha value is -0.250. The third-order valence-corrected chi connectivity index (χ3v) is 4.23. The van der Waals surface area contributed by atoms with Crippen LogP contribution in [0, 0.1) is 5.82 Å². The van der Waals surface area contributed by atoms with Crippen LogP contribution in [0.4, 0.5) is 4.39 Å². The third kappa shape index (κ3) is 2.47. The maximum Gasteiger partial charge on any atom is 0.142 e. The average molecular weight is 246 g/mol. The van der Waals surface area contributed by atoms with Crippen molar-refractivity contribution in [2.45, 2.75) is 24.8 Å². The summed E-state index contributed by atoms with van der Waals surface area (Å²) in [5.41, 5.74) is 0.970. The standard InChI is InChI=1S/C11H13ClFNS/c1-2-8-6-15-11(14-8)7-3-4-9(12)10(13)5-7/h3-5,8,11,14H,2,6H2,1H3. The van der Waals surface area contributed by atoms with Crippen LogP contribution < -0.4 is 5.32 Å². The molecule has 1 nitrogen and oxygen atoms in total. The molecule has 1 saturated heterocycles. The maximum absolute atomic E-state index is 13.2. The quantitative estimate of drug-likeness (QED) is 0.855. The minimum atomic E-state index is -0.337. The second kappa shape index (κ2) is 4.73. The van der Waals surface area contributed by atoms with Crippen LogP contribution in [0.3, 0.4) is 0 Å². The first kappa shape index (κ1) is 11.2. The van der Waals surface area contributed by atoms with Gasteiger partial charge in [-0.15, -0.1) is 11.8 Å². The molecule has 1 heterocycles. The highest BCUT2D eigenvalue weighted by Crippen LogP contribution is 2.34. The summed E-state index contributed by atoms with van der Waals surface area (Å²) in [5.74, 6) is 0.752. The number of benzene rings is 1. The minimum Gasteiger partial charge on any atom is -0.298 e. The molecule has 0 bridgehead atoms. The molecule has 1 aliphatic heterocycles. The van der Waals surface area contributed by atoms with E-state index in [1.165, 1.54) is 6.07 Å². The number of halogens is 2. The first-order chi connectivity index (χ1) is 7.20. The van der Waals surface area contributed by atoms with Crippen molar-refractivity contribution >= 4 is 23.4 Å². The molecule has 0 saturated carbocycles. The average Bonchev–Trinajstić information content (AvgIpc) is 2.70. The molecule has 4 heteroatoms. The lowest BCUT2D eigenvalue weighted by Crippen LogP contribution is -2.24. The molecule has 1 N–H and O–H groups in total. The van der Waals surface area contributed by atoms with Gasteiger partial charge in [-0.3, -0.25) is 5.32 Å². The van der Waals surface area contributed by atoms with Crippen LogP contribution in [-0.4, -0.2) is 11.8 Å². The van der Waals surface area contributed by atoms with Crippen molar-refractivity contribution in [3.05, 3.63) is 34.6 Å². The molecule has 1 fully saturated rings. The molecule has 2 atom stereocenters. The van der Waals surface area contributed by atoms with E-state index < -0.39 is 0 Å². The predicted molar refractivity (Wildman–Crippen MR) is 63.8 cm³/mol. The first-order valence-electron chi connectivity index (χ1n) is 5.03. The predicted octanol–water partition coefficient (Wildman–Crippen LogP) is 3.59. The van der Waals surface area contributed by atoms with Gasteiger partial charge in [0.05, 0.1) is 10.4 Å². The van der Waals surface area contributed by atoms with Gasteiger partial charge in [-0.25, -0.2) is 4.39 Å². The molecule has 2 rings (SSSR count). The fourth-order valence-corrected chi connectivity index (χ4v) is 3.13. The van der Waals surface area contributed by atoms with Crippen molar-refractivity contribution in [2.24, 2.45) is 0 Å². The van der Waals surface area contributed by atoms with Crippen LogP contribution in [0.2, 0.25) is 5.02 Å². The second-order valence-corrected chi connectivity index (χ2v) is 5.20. The van der Waals surface area contributed by atoms with Gasteiger partial charge in [-0.1, -0.05) is 24.6 Å². The number of hydrogen-bond acceptors (Lipinski definition) is 2. The monoisotopic (exact) mass is 245 g/mol. The number of thioether (sulfide) groups is 1. The lowest BCUT2D eigenvalue weighted by atomic mass is 10.2. The molecule has 0 radical (unpaired) electrons. The Morgan fingerprint density at radius 3 is 3.00 bits per heavy atom. The Morgan fingerprint density at radius 1 is 1.60 bits per heavy atom. The van der Waals surface area contributed by atoms with Crippen molar-refractivity contribution < 1.29 is 4.39 Å². The van der Waals surface area contributed by atoms with Crippen LogP contribution >= 0.6 is 23.4 Å². The van der Waals surface area contributed by atoms with E-state index in [9.17, 15) is 4.39 Å². The summed E-state index contributed by atoms with van der Waals surface area (Å²) in [6.07, 6.45) is 1.11. The second-order valence-electron chi connectivity index (χ2n) is 3.66. The van der Waals surface area contributed by atoms with Gasteiger partial charge in [-0.2, -0.15) is 0 Å². The van der Waals surface area contributed by atoms with E-state index >= 15 is 0 Å². The largest absolute Gasteiger partial charge is 0.298 e. The highest BCUT2D eigenvalue weighted by atomic mass is 35.5. The molecular weight excluding hydrogens is 233 g/mol. The highest BCUT2D eigenvalue weighted by Gasteiger charge is 2.24. The van der Waals surface area contributed by atoms with Crippen molar-refractivity contribution in [1.29, 1.82) is 0 Å².